The van der Waals surface area contributed by atoms with E-state index in [-0.39, 0.29) is 5.91 Å². The van der Waals surface area contributed by atoms with Crippen molar-refractivity contribution in [2.45, 2.75) is 26.8 Å². The minimum absolute atomic E-state index is 0.187. The van der Waals surface area contributed by atoms with E-state index in [4.69, 9.17) is 14.8 Å². The summed E-state index contributed by atoms with van der Waals surface area (Å²) in [5, 5.41) is 8.45. The number of carbonyl (C=O) groups excluding carboxylic acids is 1. The van der Waals surface area contributed by atoms with Gasteiger partial charge in [0.1, 0.15) is 5.75 Å². The van der Waals surface area contributed by atoms with Crippen molar-refractivity contribution >= 4 is 22.6 Å². The number of hydrogen-bond acceptors (Lipinski definition) is 4. The first-order valence-electron chi connectivity index (χ1n) is 9.95. The van der Waals surface area contributed by atoms with Gasteiger partial charge in [-0.2, -0.15) is 5.10 Å². The van der Waals surface area contributed by atoms with Crippen molar-refractivity contribution in [2.75, 3.05) is 12.4 Å². The fourth-order valence-electron chi connectivity index (χ4n) is 3.53. The lowest BCUT2D eigenvalue weighted by atomic mass is 10.1. The average molecular weight is 400 g/mol. The number of nitrogens with one attached hydrogen (secondary N) is 1. The summed E-state index contributed by atoms with van der Waals surface area (Å²) in [6.07, 6.45) is 0.727. The number of hydrogen-bond donors (Lipinski definition) is 1. The molecule has 2 aromatic carbocycles. The molecule has 30 heavy (non-hydrogen) atoms. The predicted octanol–water partition coefficient (Wildman–Crippen LogP) is 4.61. The Bertz CT molecular complexity index is 1200. The summed E-state index contributed by atoms with van der Waals surface area (Å²) in [7, 11) is 1.60. The van der Waals surface area contributed by atoms with Crippen LogP contribution in [-0.2, 0) is 13.0 Å². The summed E-state index contributed by atoms with van der Waals surface area (Å²) < 4.78 is 7.13. The maximum atomic E-state index is 13.2. The van der Waals surface area contributed by atoms with E-state index in [0.29, 0.717) is 23.5 Å². The standard InChI is InChI=1S/C24H24N4O2/c1-4-18-14-21(24(29)26-19-11-8-12-20(13-19)30-3)22-16(2)27-28(23(22)25-18)15-17-9-6-5-7-10-17/h5-14H,4,15H2,1-3H3,(H,26,29). The number of ether oxygens (including phenoxy) is 1. The van der Waals surface area contributed by atoms with E-state index in [1.165, 1.54) is 0 Å². The van der Waals surface area contributed by atoms with Gasteiger partial charge in [0.15, 0.2) is 5.65 Å². The van der Waals surface area contributed by atoms with Crippen LogP contribution >= 0.6 is 0 Å². The fraction of sp³-hybridized carbons (Fsp3) is 0.208. The summed E-state index contributed by atoms with van der Waals surface area (Å²) in [6.45, 7) is 4.55. The predicted molar refractivity (Wildman–Crippen MR) is 118 cm³/mol. The highest BCUT2D eigenvalue weighted by Crippen LogP contribution is 2.25. The zero-order valence-electron chi connectivity index (χ0n) is 17.3. The summed E-state index contributed by atoms with van der Waals surface area (Å²) >= 11 is 0. The molecule has 2 aromatic heterocycles. The summed E-state index contributed by atoms with van der Waals surface area (Å²) in [5.41, 5.74) is 4.76. The molecule has 0 spiro atoms. The second-order valence-corrected chi connectivity index (χ2v) is 7.13. The van der Waals surface area contributed by atoms with Gasteiger partial charge in [-0.05, 0) is 37.1 Å². The number of carbonyl (C=O) groups is 1. The van der Waals surface area contributed by atoms with Crippen molar-refractivity contribution in [3.63, 3.8) is 0 Å². The molecule has 0 fully saturated rings. The Labute approximate surface area is 175 Å². The molecule has 0 saturated carbocycles. The topological polar surface area (TPSA) is 69.0 Å². The van der Waals surface area contributed by atoms with Crippen LogP contribution in [0.15, 0.2) is 60.7 Å². The Hall–Kier alpha value is -3.67. The van der Waals surface area contributed by atoms with Gasteiger partial charge < -0.3 is 10.1 Å². The average Bonchev–Trinajstić information content (AvgIpc) is 3.09. The fourth-order valence-corrected chi connectivity index (χ4v) is 3.53. The molecule has 1 amide bonds. The molecule has 0 radical (unpaired) electrons. The minimum Gasteiger partial charge on any atom is -0.497 e. The van der Waals surface area contributed by atoms with Crippen molar-refractivity contribution in [1.82, 2.24) is 14.8 Å². The highest BCUT2D eigenvalue weighted by Gasteiger charge is 2.20. The van der Waals surface area contributed by atoms with Crippen molar-refractivity contribution < 1.29 is 9.53 Å². The number of benzene rings is 2. The number of methoxy groups -OCH3 is 1. The van der Waals surface area contributed by atoms with E-state index >= 15 is 0 Å². The minimum atomic E-state index is -0.187. The van der Waals surface area contributed by atoms with Gasteiger partial charge in [0.25, 0.3) is 5.91 Å². The Morgan fingerprint density at radius 1 is 1.10 bits per heavy atom. The highest BCUT2D eigenvalue weighted by molar-refractivity contribution is 6.12. The second kappa shape index (κ2) is 8.37. The lowest BCUT2D eigenvalue weighted by molar-refractivity contribution is 0.102. The largest absolute Gasteiger partial charge is 0.497 e. The van der Waals surface area contributed by atoms with Crippen LogP contribution in [0.5, 0.6) is 5.75 Å². The van der Waals surface area contributed by atoms with Gasteiger partial charge >= 0.3 is 0 Å². The van der Waals surface area contributed by atoms with E-state index in [1.807, 2.05) is 61.0 Å². The maximum absolute atomic E-state index is 13.2. The molecule has 4 rings (SSSR count). The summed E-state index contributed by atoms with van der Waals surface area (Å²) in [4.78, 5) is 18.0. The maximum Gasteiger partial charge on any atom is 0.256 e. The van der Waals surface area contributed by atoms with Crippen LogP contribution in [0.25, 0.3) is 11.0 Å². The molecular weight excluding hydrogens is 376 g/mol. The van der Waals surface area contributed by atoms with Crippen LogP contribution in [0, 0.1) is 6.92 Å². The molecule has 0 unspecified atom stereocenters. The van der Waals surface area contributed by atoms with Gasteiger partial charge in [0, 0.05) is 17.4 Å². The van der Waals surface area contributed by atoms with Crippen molar-refractivity contribution in [3.05, 3.63) is 83.2 Å². The second-order valence-electron chi connectivity index (χ2n) is 7.13. The molecule has 1 N–H and O–H groups in total. The zero-order chi connectivity index (χ0) is 21.1. The van der Waals surface area contributed by atoms with Crippen LogP contribution in [0.3, 0.4) is 0 Å². The van der Waals surface area contributed by atoms with Gasteiger partial charge in [-0.3, -0.25) is 4.79 Å². The van der Waals surface area contributed by atoms with Gasteiger partial charge in [-0.25, -0.2) is 9.67 Å². The summed E-state index contributed by atoms with van der Waals surface area (Å²) in [6, 6.07) is 19.3. The van der Waals surface area contributed by atoms with Crippen LogP contribution in [0.1, 0.15) is 34.2 Å². The van der Waals surface area contributed by atoms with Gasteiger partial charge in [0.05, 0.1) is 30.3 Å². The normalized spacial score (nSPS) is 10.9. The molecule has 6 nitrogen and oxygen atoms in total. The van der Waals surface area contributed by atoms with E-state index < -0.39 is 0 Å². The summed E-state index contributed by atoms with van der Waals surface area (Å²) in [5.74, 6) is 0.501. The smallest absolute Gasteiger partial charge is 0.256 e. The molecule has 0 aliphatic carbocycles. The number of aryl methyl sites for hydroxylation is 2. The lowest BCUT2D eigenvalue weighted by Crippen LogP contribution is -2.14. The lowest BCUT2D eigenvalue weighted by Gasteiger charge is -2.10. The molecule has 6 heteroatoms. The van der Waals surface area contributed by atoms with E-state index in [1.54, 1.807) is 13.2 Å². The van der Waals surface area contributed by atoms with Gasteiger partial charge in [-0.1, -0.05) is 43.3 Å². The molecule has 4 aromatic rings. The van der Waals surface area contributed by atoms with Crippen molar-refractivity contribution in [2.24, 2.45) is 0 Å². The van der Waals surface area contributed by atoms with E-state index in [9.17, 15) is 4.79 Å². The molecule has 0 atom stereocenters. The molecule has 0 aliphatic rings. The number of aromatic nitrogens is 3. The first-order valence-corrected chi connectivity index (χ1v) is 9.95. The number of rotatable bonds is 6. The van der Waals surface area contributed by atoms with E-state index in [0.717, 1.165) is 34.4 Å². The molecule has 2 heterocycles. The first-order chi connectivity index (χ1) is 14.6. The quantitative estimate of drug-likeness (QED) is 0.513. The molecular formula is C24H24N4O2. The number of pyridine rings is 1. The number of anilines is 1. The van der Waals surface area contributed by atoms with Gasteiger partial charge in [0.2, 0.25) is 0 Å². The zero-order valence-corrected chi connectivity index (χ0v) is 17.3. The molecule has 0 saturated heterocycles. The molecule has 0 bridgehead atoms. The highest BCUT2D eigenvalue weighted by atomic mass is 16.5. The Balaban J connectivity index is 1.76. The third-order valence-corrected chi connectivity index (χ3v) is 5.04. The van der Waals surface area contributed by atoms with Crippen LogP contribution in [-0.4, -0.2) is 27.8 Å². The van der Waals surface area contributed by atoms with E-state index in [2.05, 4.69) is 17.4 Å². The SMILES string of the molecule is CCc1cc(C(=O)Nc2cccc(OC)c2)c2c(C)nn(Cc3ccccc3)c2n1. The van der Waals surface area contributed by atoms with Crippen LogP contribution < -0.4 is 10.1 Å². The molecule has 0 aliphatic heterocycles. The Kier molecular flexibility index (Phi) is 5.48. The van der Waals surface area contributed by atoms with Gasteiger partial charge in [-0.15, -0.1) is 0 Å². The Morgan fingerprint density at radius 3 is 2.63 bits per heavy atom. The Morgan fingerprint density at radius 2 is 1.90 bits per heavy atom. The van der Waals surface area contributed by atoms with Crippen molar-refractivity contribution in [1.29, 1.82) is 0 Å². The molecule has 152 valence electrons. The third-order valence-electron chi connectivity index (χ3n) is 5.04. The number of amides is 1. The number of nitrogens with zero attached hydrogens (tertiary/aromatic N) is 3. The van der Waals surface area contributed by atoms with Crippen molar-refractivity contribution in [3.8, 4) is 5.75 Å². The van der Waals surface area contributed by atoms with Crippen LogP contribution in [0.2, 0.25) is 0 Å². The number of fused-ring (bicyclic) bond motifs is 1. The third kappa shape index (κ3) is 3.89. The monoisotopic (exact) mass is 400 g/mol. The first kappa shape index (κ1) is 19.6. The van der Waals surface area contributed by atoms with Crippen LogP contribution in [0.4, 0.5) is 5.69 Å².